The molecule has 1 heterocycles. The maximum Gasteiger partial charge on any atom is 0.257 e. The topological polar surface area (TPSA) is 56.1 Å². The Balaban J connectivity index is 1.80. The number of carbonyl (C=O) groups excluding carboxylic acids is 1. The van der Waals surface area contributed by atoms with E-state index in [2.05, 4.69) is 44.3 Å². The molecule has 0 aliphatic heterocycles. The first kappa shape index (κ1) is 27.7. The first-order valence-corrected chi connectivity index (χ1v) is 13.2. The van der Waals surface area contributed by atoms with Crippen LogP contribution in [-0.2, 0) is 4.79 Å². The molecule has 2 aromatic rings. The predicted octanol–water partition coefficient (Wildman–Crippen LogP) is 7.25. The summed E-state index contributed by atoms with van der Waals surface area (Å²) in [7, 11) is 0. The average Bonchev–Trinajstić information content (AvgIpc) is 3.20. The van der Waals surface area contributed by atoms with E-state index in [4.69, 9.17) is 9.84 Å². The van der Waals surface area contributed by atoms with Gasteiger partial charge in [-0.25, -0.2) is 9.07 Å². The van der Waals surface area contributed by atoms with Gasteiger partial charge in [-0.1, -0.05) is 57.4 Å². The highest BCUT2D eigenvalue weighted by atomic mass is 19.1. The molecule has 0 bridgehead atoms. The number of halogens is 1. The number of benzene rings is 1. The molecular weight excluding hydrogens is 453 g/mol. The Morgan fingerprint density at radius 2 is 1.97 bits per heavy atom. The summed E-state index contributed by atoms with van der Waals surface area (Å²) in [4.78, 5) is 12.1. The van der Waals surface area contributed by atoms with Gasteiger partial charge in [0.25, 0.3) is 5.91 Å². The van der Waals surface area contributed by atoms with Crippen molar-refractivity contribution in [2.45, 2.75) is 85.9 Å². The van der Waals surface area contributed by atoms with Crippen molar-refractivity contribution in [3.63, 3.8) is 0 Å². The van der Waals surface area contributed by atoms with Crippen molar-refractivity contribution < 1.29 is 13.9 Å². The molecule has 196 valence electrons. The van der Waals surface area contributed by atoms with Crippen LogP contribution in [0.2, 0.25) is 0 Å². The molecule has 2 unspecified atom stereocenters. The zero-order valence-electron chi connectivity index (χ0n) is 22.9. The zero-order chi connectivity index (χ0) is 26.5. The highest BCUT2D eigenvalue weighted by molar-refractivity contribution is 5.85. The number of hydrogen-bond acceptors (Lipinski definition) is 3. The minimum absolute atomic E-state index is 0.0983. The van der Waals surface area contributed by atoms with Crippen LogP contribution in [0.3, 0.4) is 0 Å². The Hall–Kier alpha value is -2.89. The molecule has 2 atom stereocenters. The highest BCUT2D eigenvalue weighted by Gasteiger charge is 2.29. The molecule has 0 spiro atoms. The Labute approximate surface area is 215 Å². The number of aromatic nitrogens is 2. The van der Waals surface area contributed by atoms with Gasteiger partial charge in [-0.15, -0.1) is 0 Å². The third-order valence-electron chi connectivity index (χ3n) is 6.99. The van der Waals surface area contributed by atoms with Crippen LogP contribution in [0.15, 0.2) is 53.8 Å². The summed E-state index contributed by atoms with van der Waals surface area (Å²) in [5, 5.41) is 8.44. The highest BCUT2D eigenvalue weighted by Crippen LogP contribution is 2.30. The second-order valence-electron chi connectivity index (χ2n) is 10.8. The summed E-state index contributed by atoms with van der Waals surface area (Å²) in [6.07, 6.45) is 13.3. The van der Waals surface area contributed by atoms with Crippen molar-refractivity contribution in [2.75, 3.05) is 6.61 Å². The van der Waals surface area contributed by atoms with E-state index in [1.54, 1.807) is 5.57 Å². The van der Waals surface area contributed by atoms with Gasteiger partial charge in [-0.2, -0.15) is 5.10 Å². The van der Waals surface area contributed by atoms with E-state index < -0.39 is 11.6 Å². The molecule has 0 radical (unpaired) electrons. The molecule has 1 aromatic heterocycles. The van der Waals surface area contributed by atoms with Gasteiger partial charge in [0.2, 0.25) is 0 Å². The summed E-state index contributed by atoms with van der Waals surface area (Å²) < 4.78 is 22.0. The maximum absolute atomic E-state index is 14.0. The molecule has 36 heavy (non-hydrogen) atoms. The Bertz CT molecular complexity index is 1140. The van der Waals surface area contributed by atoms with Gasteiger partial charge in [0.05, 0.1) is 23.5 Å². The monoisotopic (exact) mass is 495 g/mol. The van der Waals surface area contributed by atoms with Gasteiger partial charge >= 0.3 is 0 Å². The van der Waals surface area contributed by atoms with E-state index in [-0.39, 0.29) is 18.6 Å². The van der Waals surface area contributed by atoms with E-state index in [1.165, 1.54) is 38.7 Å². The molecule has 1 saturated carbocycles. The molecule has 1 aliphatic carbocycles. The summed E-state index contributed by atoms with van der Waals surface area (Å²) in [5.74, 6) is 0.593. The number of alkyl halides is 1. The maximum atomic E-state index is 14.0. The van der Waals surface area contributed by atoms with Crippen LogP contribution in [0.25, 0.3) is 16.6 Å². The SMILES string of the molecule is CCC(C)/C=C(\C=C/C(C)=C1CCC1)n1ncc2cc(OCC(NC(=O)C(C)(C)F)C(C)C)ccc21. The van der Waals surface area contributed by atoms with Gasteiger partial charge in [-0.05, 0) is 76.1 Å². The van der Waals surface area contributed by atoms with E-state index in [1.807, 2.05) is 42.9 Å². The number of rotatable bonds is 11. The number of allylic oxidation sites excluding steroid dienone is 6. The van der Waals surface area contributed by atoms with Gasteiger partial charge in [-0.3, -0.25) is 4.79 Å². The number of fused-ring (bicyclic) bond motifs is 1. The van der Waals surface area contributed by atoms with Gasteiger partial charge in [0.15, 0.2) is 5.67 Å². The van der Waals surface area contributed by atoms with Gasteiger partial charge in [0, 0.05) is 5.39 Å². The van der Waals surface area contributed by atoms with E-state index in [9.17, 15) is 9.18 Å². The van der Waals surface area contributed by atoms with Gasteiger partial charge < -0.3 is 10.1 Å². The largest absolute Gasteiger partial charge is 0.491 e. The number of ether oxygens (including phenoxy) is 1. The van der Waals surface area contributed by atoms with Crippen molar-refractivity contribution in [3.05, 3.63) is 53.8 Å². The summed E-state index contributed by atoms with van der Waals surface area (Å²) in [6, 6.07) is 5.60. The molecule has 3 rings (SSSR count). The van der Waals surface area contributed by atoms with E-state index >= 15 is 0 Å². The predicted molar refractivity (Wildman–Crippen MR) is 147 cm³/mol. The number of amides is 1. The molecule has 1 amide bonds. The summed E-state index contributed by atoms with van der Waals surface area (Å²) in [5.41, 5.74) is 3.04. The minimum atomic E-state index is -1.93. The van der Waals surface area contributed by atoms with Crippen LogP contribution in [0.1, 0.15) is 74.1 Å². The fourth-order valence-corrected chi connectivity index (χ4v) is 3.92. The van der Waals surface area contributed by atoms with E-state index in [0.29, 0.717) is 11.7 Å². The van der Waals surface area contributed by atoms with Crippen LogP contribution in [0.5, 0.6) is 5.75 Å². The van der Waals surface area contributed by atoms with Crippen LogP contribution in [0.4, 0.5) is 4.39 Å². The Morgan fingerprint density at radius 1 is 1.25 bits per heavy atom. The van der Waals surface area contributed by atoms with Crippen LogP contribution in [0, 0.1) is 11.8 Å². The van der Waals surface area contributed by atoms with Crippen molar-refractivity contribution in [2.24, 2.45) is 11.8 Å². The van der Waals surface area contributed by atoms with Crippen LogP contribution >= 0.6 is 0 Å². The number of nitrogens with zero attached hydrogens (tertiary/aromatic N) is 2. The molecule has 1 fully saturated rings. The number of hydrogen-bond donors (Lipinski definition) is 1. The third-order valence-corrected chi connectivity index (χ3v) is 6.99. The second-order valence-corrected chi connectivity index (χ2v) is 10.8. The molecule has 1 aromatic carbocycles. The normalized spacial score (nSPS) is 16.4. The Kier molecular flexibility index (Phi) is 9.15. The quantitative estimate of drug-likeness (QED) is 0.334. The average molecular weight is 496 g/mol. The van der Waals surface area contributed by atoms with Crippen molar-refractivity contribution in [3.8, 4) is 5.75 Å². The lowest BCUT2D eigenvalue weighted by molar-refractivity contribution is -0.132. The fourth-order valence-electron chi connectivity index (χ4n) is 3.92. The first-order valence-electron chi connectivity index (χ1n) is 13.2. The molecule has 5 nitrogen and oxygen atoms in total. The minimum Gasteiger partial charge on any atom is -0.491 e. The molecule has 1 aliphatic rings. The van der Waals surface area contributed by atoms with Crippen LogP contribution in [-0.4, -0.2) is 34.0 Å². The fraction of sp³-hybridized carbons (Fsp3) is 0.533. The van der Waals surface area contributed by atoms with Crippen molar-refractivity contribution in [1.29, 1.82) is 0 Å². The van der Waals surface area contributed by atoms with E-state index in [0.717, 1.165) is 23.0 Å². The van der Waals surface area contributed by atoms with Crippen molar-refractivity contribution >= 4 is 22.5 Å². The lowest BCUT2D eigenvalue weighted by atomic mass is 9.88. The molecule has 1 N–H and O–H groups in total. The summed E-state index contributed by atoms with van der Waals surface area (Å²) >= 11 is 0. The number of carbonyl (C=O) groups is 1. The van der Waals surface area contributed by atoms with Crippen molar-refractivity contribution in [1.82, 2.24) is 15.1 Å². The molecular formula is C30H42FN3O2. The Morgan fingerprint density at radius 3 is 2.56 bits per heavy atom. The number of nitrogens with one attached hydrogen (secondary N) is 1. The second kappa shape index (κ2) is 11.9. The zero-order valence-corrected chi connectivity index (χ0v) is 22.9. The lowest BCUT2D eigenvalue weighted by Crippen LogP contribution is -2.49. The lowest BCUT2D eigenvalue weighted by Gasteiger charge is -2.25. The first-order chi connectivity index (χ1) is 17.0. The van der Waals surface area contributed by atoms with Crippen LogP contribution < -0.4 is 10.1 Å². The standard InChI is InChI=1S/C30H42FN3O2/c1-8-21(4)16-25(13-12-22(5)23-10-9-11-23)34-28-15-14-26(17-24(28)18-32-34)36-19-27(20(2)3)33-29(35)30(6,7)31/h12-18,20-21,27H,8-11,19H2,1-7H3,(H,33,35)/b13-12-,25-16+. The summed E-state index contributed by atoms with van der Waals surface area (Å²) in [6.45, 7) is 13.3. The third kappa shape index (κ3) is 7.08. The van der Waals surface area contributed by atoms with Gasteiger partial charge in [0.1, 0.15) is 12.4 Å². The molecule has 6 heteroatoms. The smallest absolute Gasteiger partial charge is 0.257 e. The molecule has 0 saturated heterocycles.